The fourth-order valence-corrected chi connectivity index (χ4v) is 2.12. The van der Waals surface area contributed by atoms with E-state index in [0.717, 1.165) is 11.1 Å². The van der Waals surface area contributed by atoms with Gasteiger partial charge in [-0.25, -0.2) is 0 Å². The summed E-state index contributed by atoms with van der Waals surface area (Å²) in [5, 5.41) is 4.31. The van der Waals surface area contributed by atoms with Crippen LogP contribution in [-0.2, 0) is 7.05 Å². The molecule has 0 aliphatic heterocycles. The van der Waals surface area contributed by atoms with Crippen LogP contribution in [0.3, 0.4) is 0 Å². The lowest BCUT2D eigenvalue weighted by molar-refractivity contribution is 0.0849. The maximum absolute atomic E-state index is 12.7. The molecule has 0 amide bonds. The van der Waals surface area contributed by atoms with Crippen LogP contribution in [0.15, 0.2) is 30.3 Å². The van der Waals surface area contributed by atoms with Crippen molar-refractivity contribution in [3.8, 4) is 17.0 Å². The number of aromatic nitrogens is 2. The molecule has 0 aliphatic carbocycles. The molecule has 0 unspecified atom stereocenters. The third-order valence-corrected chi connectivity index (χ3v) is 3.17. The second-order valence-corrected chi connectivity index (χ2v) is 5.80. The van der Waals surface area contributed by atoms with Gasteiger partial charge in [0.05, 0.1) is 12.7 Å². The van der Waals surface area contributed by atoms with Crippen molar-refractivity contribution in [2.24, 2.45) is 12.5 Å². The van der Waals surface area contributed by atoms with E-state index in [4.69, 9.17) is 4.74 Å². The number of rotatable bonds is 3. The largest absolute Gasteiger partial charge is 0.479 e. The normalized spacial score (nSPS) is 11.4. The molecule has 4 heteroatoms. The molecule has 4 nitrogen and oxygen atoms in total. The van der Waals surface area contributed by atoms with Crippen LogP contribution in [0.25, 0.3) is 11.1 Å². The first-order valence-corrected chi connectivity index (χ1v) is 6.57. The van der Waals surface area contributed by atoms with E-state index in [1.807, 2.05) is 51.1 Å². The van der Waals surface area contributed by atoms with Crippen molar-refractivity contribution in [3.63, 3.8) is 0 Å². The molecule has 0 atom stereocenters. The number of aryl methyl sites for hydroxylation is 1. The van der Waals surface area contributed by atoms with Gasteiger partial charge in [-0.05, 0) is 5.56 Å². The molecule has 0 spiro atoms. The fourth-order valence-electron chi connectivity index (χ4n) is 2.12. The number of carbonyl (C=O) groups is 1. The Balaban J connectivity index is 2.69. The van der Waals surface area contributed by atoms with Crippen LogP contribution >= 0.6 is 0 Å². The number of nitrogens with zero attached hydrogens (tertiary/aromatic N) is 2. The van der Waals surface area contributed by atoms with Crippen molar-refractivity contribution in [1.82, 2.24) is 9.78 Å². The molecule has 0 N–H and O–H groups in total. The Morgan fingerprint density at radius 3 is 2.30 bits per heavy atom. The Hall–Kier alpha value is -2.10. The zero-order chi connectivity index (χ0) is 14.9. The summed E-state index contributed by atoms with van der Waals surface area (Å²) in [4.78, 5) is 12.7. The minimum atomic E-state index is -0.470. The summed E-state index contributed by atoms with van der Waals surface area (Å²) in [5.74, 6) is 0.529. The van der Waals surface area contributed by atoms with E-state index >= 15 is 0 Å². The molecule has 0 bridgehead atoms. The van der Waals surface area contributed by atoms with E-state index in [9.17, 15) is 4.79 Å². The van der Waals surface area contributed by atoms with Gasteiger partial charge in [0, 0.05) is 12.5 Å². The molecule has 0 saturated heterocycles. The van der Waals surface area contributed by atoms with Crippen molar-refractivity contribution in [1.29, 1.82) is 0 Å². The number of ether oxygens (including phenoxy) is 1. The first-order chi connectivity index (χ1) is 9.36. The first-order valence-electron chi connectivity index (χ1n) is 6.57. The van der Waals surface area contributed by atoms with Gasteiger partial charge in [-0.15, -0.1) is 5.10 Å². The standard InChI is InChI=1S/C16H20N2O2/c1-16(2,3)14(19)13-12(11-9-7-6-8-10-11)15(20-5)17-18(13)4/h6-10H,1-5H3. The van der Waals surface area contributed by atoms with Crippen LogP contribution in [0.2, 0.25) is 0 Å². The molecular formula is C16H20N2O2. The van der Waals surface area contributed by atoms with Crippen LogP contribution < -0.4 is 4.74 Å². The van der Waals surface area contributed by atoms with E-state index in [0.29, 0.717) is 11.6 Å². The molecule has 1 heterocycles. The van der Waals surface area contributed by atoms with E-state index < -0.39 is 5.41 Å². The third-order valence-electron chi connectivity index (χ3n) is 3.17. The van der Waals surface area contributed by atoms with Gasteiger partial charge in [0.15, 0.2) is 5.78 Å². The zero-order valence-corrected chi connectivity index (χ0v) is 12.6. The van der Waals surface area contributed by atoms with Gasteiger partial charge in [0.25, 0.3) is 0 Å². The van der Waals surface area contributed by atoms with E-state index in [-0.39, 0.29) is 5.78 Å². The monoisotopic (exact) mass is 272 g/mol. The average Bonchev–Trinajstić information content (AvgIpc) is 2.74. The smallest absolute Gasteiger partial charge is 0.241 e. The van der Waals surface area contributed by atoms with Crippen molar-refractivity contribution in [2.45, 2.75) is 20.8 Å². The zero-order valence-electron chi connectivity index (χ0n) is 12.6. The van der Waals surface area contributed by atoms with Crippen molar-refractivity contribution in [2.75, 3.05) is 7.11 Å². The van der Waals surface area contributed by atoms with Gasteiger partial charge in [0.1, 0.15) is 5.69 Å². The minimum absolute atomic E-state index is 0.0506. The topological polar surface area (TPSA) is 44.1 Å². The predicted molar refractivity (Wildman–Crippen MR) is 79.0 cm³/mol. The Kier molecular flexibility index (Phi) is 3.66. The van der Waals surface area contributed by atoms with Crippen molar-refractivity contribution >= 4 is 5.78 Å². The van der Waals surface area contributed by atoms with E-state index in [1.165, 1.54) is 0 Å². The number of Topliss-reactive ketones (excluding diaryl/α,β-unsaturated/α-hetero) is 1. The Morgan fingerprint density at radius 2 is 1.80 bits per heavy atom. The van der Waals surface area contributed by atoms with Crippen LogP contribution in [0.1, 0.15) is 31.3 Å². The van der Waals surface area contributed by atoms with Crippen LogP contribution in [0, 0.1) is 5.41 Å². The summed E-state index contributed by atoms with van der Waals surface area (Å²) in [5.41, 5.74) is 1.81. The molecule has 0 radical (unpaired) electrons. The predicted octanol–water partition coefficient (Wildman–Crippen LogP) is 3.32. The van der Waals surface area contributed by atoms with E-state index in [1.54, 1.807) is 18.8 Å². The van der Waals surface area contributed by atoms with Crippen LogP contribution in [0.5, 0.6) is 5.88 Å². The molecule has 0 saturated carbocycles. The lowest BCUT2D eigenvalue weighted by Crippen LogP contribution is -2.23. The van der Waals surface area contributed by atoms with Crippen molar-refractivity contribution < 1.29 is 9.53 Å². The molecule has 106 valence electrons. The fraction of sp³-hybridized carbons (Fsp3) is 0.375. The number of hydrogen-bond acceptors (Lipinski definition) is 3. The highest BCUT2D eigenvalue weighted by Gasteiger charge is 2.31. The van der Waals surface area contributed by atoms with Gasteiger partial charge in [-0.2, -0.15) is 0 Å². The van der Waals surface area contributed by atoms with E-state index in [2.05, 4.69) is 5.10 Å². The molecule has 0 aliphatic rings. The Morgan fingerprint density at radius 1 is 1.20 bits per heavy atom. The Bertz CT molecular complexity index is 622. The van der Waals surface area contributed by atoms with Gasteiger partial charge in [-0.1, -0.05) is 51.1 Å². The highest BCUT2D eigenvalue weighted by Crippen LogP contribution is 2.35. The van der Waals surface area contributed by atoms with Gasteiger partial charge >= 0.3 is 0 Å². The third kappa shape index (κ3) is 2.46. The number of benzene rings is 1. The number of methoxy groups -OCH3 is 1. The highest BCUT2D eigenvalue weighted by atomic mass is 16.5. The lowest BCUT2D eigenvalue weighted by Gasteiger charge is -2.17. The number of hydrogen-bond donors (Lipinski definition) is 0. The van der Waals surface area contributed by atoms with Crippen molar-refractivity contribution in [3.05, 3.63) is 36.0 Å². The number of ketones is 1. The minimum Gasteiger partial charge on any atom is -0.479 e. The highest BCUT2D eigenvalue weighted by molar-refractivity contribution is 6.04. The molecule has 1 aromatic carbocycles. The number of carbonyl (C=O) groups excluding carboxylic acids is 1. The molecular weight excluding hydrogens is 252 g/mol. The van der Waals surface area contributed by atoms with Gasteiger partial charge < -0.3 is 4.74 Å². The van der Waals surface area contributed by atoms with Crippen LogP contribution in [-0.4, -0.2) is 22.7 Å². The van der Waals surface area contributed by atoms with Crippen LogP contribution in [0.4, 0.5) is 0 Å². The van der Waals surface area contributed by atoms with Gasteiger partial charge in [-0.3, -0.25) is 9.48 Å². The maximum Gasteiger partial charge on any atom is 0.241 e. The maximum atomic E-state index is 12.7. The molecule has 2 aromatic rings. The quantitative estimate of drug-likeness (QED) is 0.805. The SMILES string of the molecule is COc1nn(C)c(C(=O)C(C)(C)C)c1-c1ccccc1. The van der Waals surface area contributed by atoms with Gasteiger partial charge in [0.2, 0.25) is 5.88 Å². The summed E-state index contributed by atoms with van der Waals surface area (Å²) in [6, 6.07) is 9.73. The summed E-state index contributed by atoms with van der Waals surface area (Å²) in [6.07, 6.45) is 0. The lowest BCUT2D eigenvalue weighted by atomic mass is 9.86. The average molecular weight is 272 g/mol. The summed E-state index contributed by atoms with van der Waals surface area (Å²) >= 11 is 0. The molecule has 20 heavy (non-hydrogen) atoms. The molecule has 0 fully saturated rings. The summed E-state index contributed by atoms with van der Waals surface area (Å²) in [6.45, 7) is 5.72. The second kappa shape index (κ2) is 5.12. The second-order valence-electron chi connectivity index (χ2n) is 5.80. The first kappa shape index (κ1) is 14.3. The molecule has 1 aromatic heterocycles. The summed E-state index contributed by atoms with van der Waals surface area (Å²) in [7, 11) is 3.34. The molecule has 2 rings (SSSR count). The summed E-state index contributed by atoms with van der Waals surface area (Å²) < 4.78 is 6.95. The Labute approximate surface area is 119 Å².